The fourth-order valence-corrected chi connectivity index (χ4v) is 1.81. The van der Waals surface area contributed by atoms with Gasteiger partial charge in [0.25, 0.3) is 0 Å². The molecule has 2 rings (SSSR count). The molecule has 20 heavy (non-hydrogen) atoms. The highest BCUT2D eigenvalue weighted by atomic mass is 19.2. The highest BCUT2D eigenvalue weighted by Gasteiger charge is 2.10. The van der Waals surface area contributed by atoms with Crippen molar-refractivity contribution in [1.82, 2.24) is 20.1 Å². The molecule has 0 aliphatic carbocycles. The van der Waals surface area contributed by atoms with Gasteiger partial charge in [-0.25, -0.2) is 8.78 Å². The molecule has 1 unspecified atom stereocenters. The molecule has 0 aliphatic rings. The second-order valence-electron chi connectivity index (χ2n) is 4.50. The summed E-state index contributed by atoms with van der Waals surface area (Å²) in [7, 11) is 1.85. The molecule has 0 aliphatic heterocycles. The highest BCUT2D eigenvalue weighted by Crippen LogP contribution is 2.15. The van der Waals surface area contributed by atoms with E-state index in [0.29, 0.717) is 18.5 Å². The molecule has 5 nitrogen and oxygen atoms in total. The Kier molecular flexibility index (Phi) is 4.75. The quantitative estimate of drug-likeness (QED) is 0.775. The molecule has 0 saturated heterocycles. The van der Waals surface area contributed by atoms with Crippen molar-refractivity contribution < 1.29 is 13.9 Å². The fourth-order valence-electron chi connectivity index (χ4n) is 1.81. The van der Waals surface area contributed by atoms with Crippen LogP contribution in [0.2, 0.25) is 0 Å². The van der Waals surface area contributed by atoms with Gasteiger partial charge >= 0.3 is 0 Å². The number of hydrogen-bond acceptors (Lipinski definition) is 4. The van der Waals surface area contributed by atoms with Gasteiger partial charge in [0.1, 0.15) is 12.2 Å². The standard InChI is InChI=1S/C13H16F2N4O/c1-19-8-17-18-13(19)4-5-16-7-12(20)9-2-3-10(14)11(15)6-9/h2-3,6,8,12,16,20H,4-5,7H2,1H3. The molecule has 1 aromatic heterocycles. The van der Waals surface area contributed by atoms with Gasteiger partial charge in [0.15, 0.2) is 11.6 Å². The molecule has 0 bridgehead atoms. The lowest BCUT2D eigenvalue weighted by Crippen LogP contribution is -2.24. The summed E-state index contributed by atoms with van der Waals surface area (Å²) >= 11 is 0. The number of rotatable bonds is 6. The molecular weight excluding hydrogens is 266 g/mol. The van der Waals surface area contributed by atoms with Gasteiger partial charge in [-0.1, -0.05) is 6.07 Å². The first-order chi connectivity index (χ1) is 9.58. The Hall–Kier alpha value is -1.86. The van der Waals surface area contributed by atoms with Crippen LogP contribution in [0.25, 0.3) is 0 Å². The van der Waals surface area contributed by atoms with Crippen LogP contribution in [-0.4, -0.2) is 33.0 Å². The number of aliphatic hydroxyl groups is 1. The molecule has 1 atom stereocenters. The number of aryl methyl sites for hydroxylation is 1. The minimum absolute atomic E-state index is 0.253. The Morgan fingerprint density at radius 1 is 1.35 bits per heavy atom. The van der Waals surface area contributed by atoms with Crippen molar-refractivity contribution in [2.45, 2.75) is 12.5 Å². The van der Waals surface area contributed by atoms with Gasteiger partial charge in [0.2, 0.25) is 0 Å². The van der Waals surface area contributed by atoms with Crippen molar-refractivity contribution >= 4 is 0 Å². The molecule has 108 valence electrons. The van der Waals surface area contributed by atoms with E-state index in [1.165, 1.54) is 6.07 Å². The number of benzene rings is 1. The summed E-state index contributed by atoms with van der Waals surface area (Å²) in [4.78, 5) is 0. The second kappa shape index (κ2) is 6.53. The van der Waals surface area contributed by atoms with Crippen molar-refractivity contribution in [2.24, 2.45) is 7.05 Å². The maximum absolute atomic E-state index is 13.0. The average molecular weight is 282 g/mol. The molecule has 7 heteroatoms. The number of halogens is 2. The molecule has 0 spiro atoms. The highest BCUT2D eigenvalue weighted by molar-refractivity contribution is 5.20. The number of aliphatic hydroxyl groups excluding tert-OH is 1. The molecule has 2 aromatic rings. The summed E-state index contributed by atoms with van der Waals surface area (Å²) in [5.74, 6) is -1.04. The SMILES string of the molecule is Cn1cnnc1CCNCC(O)c1ccc(F)c(F)c1. The molecule has 1 aromatic carbocycles. The van der Waals surface area contributed by atoms with Crippen molar-refractivity contribution in [1.29, 1.82) is 0 Å². The fraction of sp³-hybridized carbons (Fsp3) is 0.385. The van der Waals surface area contributed by atoms with E-state index in [0.717, 1.165) is 18.0 Å². The number of nitrogens with zero attached hydrogens (tertiary/aromatic N) is 3. The maximum atomic E-state index is 13.0. The van der Waals surface area contributed by atoms with Crippen LogP contribution in [0, 0.1) is 11.6 Å². The van der Waals surface area contributed by atoms with E-state index in [9.17, 15) is 13.9 Å². The lowest BCUT2D eigenvalue weighted by Gasteiger charge is -2.12. The van der Waals surface area contributed by atoms with E-state index in [1.807, 2.05) is 11.6 Å². The van der Waals surface area contributed by atoms with Gasteiger partial charge in [-0.15, -0.1) is 10.2 Å². The van der Waals surface area contributed by atoms with E-state index in [4.69, 9.17) is 0 Å². The van der Waals surface area contributed by atoms with Crippen LogP contribution in [0.1, 0.15) is 17.5 Å². The zero-order chi connectivity index (χ0) is 14.5. The van der Waals surface area contributed by atoms with Crippen molar-refractivity contribution in [3.05, 3.63) is 47.5 Å². The van der Waals surface area contributed by atoms with Crippen molar-refractivity contribution in [3.8, 4) is 0 Å². The smallest absolute Gasteiger partial charge is 0.159 e. The molecule has 0 saturated carbocycles. The van der Waals surface area contributed by atoms with Gasteiger partial charge < -0.3 is 15.0 Å². The van der Waals surface area contributed by atoms with Crippen LogP contribution in [0.15, 0.2) is 24.5 Å². The van der Waals surface area contributed by atoms with Crippen LogP contribution < -0.4 is 5.32 Å². The van der Waals surface area contributed by atoms with Crippen LogP contribution in [0.3, 0.4) is 0 Å². The summed E-state index contributed by atoms with van der Waals surface area (Å²) in [6.07, 6.45) is 1.40. The second-order valence-corrected chi connectivity index (χ2v) is 4.50. The van der Waals surface area contributed by atoms with Gasteiger partial charge in [-0.3, -0.25) is 0 Å². The first kappa shape index (κ1) is 14.5. The van der Waals surface area contributed by atoms with Crippen LogP contribution in [-0.2, 0) is 13.5 Å². The number of aromatic nitrogens is 3. The van der Waals surface area contributed by atoms with E-state index in [2.05, 4.69) is 15.5 Å². The third-order valence-electron chi connectivity index (χ3n) is 3.00. The van der Waals surface area contributed by atoms with Crippen LogP contribution in [0.5, 0.6) is 0 Å². The molecule has 2 N–H and O–H groups in total. The van der Waals surface area contributed by atoms with Crippen molar-refractivity contribution in [3.63, 3.8) is 0 Å². The zero-order valence-corrected chi connectivity index (χ0v) is 11.1. The Morgan fingerprint density at radius 2 is 2.15 bits per heavy atom. The molecular formula is C13H16F2N4O. The summed E-state index contributed by atoms with van der Waals surface area (Å²) in [6.45, 7) is 0.857. The minimum atomic E-state index is -0.958. The molecule has 0 amide bonds. The van der Waals surface area contributed by atoms with E-state index < -0.39 is 17.7 Å². The largest absolute Gasteiger partial charge is 0.387 e. The van der Waals surface area contributed by atoms with Gasteiger partial charge in [-0.05, 0) is 17.7 Å². The minimum Gasteiger partial charge on any atom is -0.387 e. The monoisotopic (exact) mass is 282 g/mol. The predicted molar refractivity (Wildman–Crippen MR) is 68.9 cm³/mol. The summed E-state index contributed by atoms with van der Waals surface area (Å²) in [5.41, 5.74) is 0.343. The van der Waals surface area contributed by atoms with Crippen LogP contribution in [0.4, 0.5) is 8.78 Å². The normalized spacial score (nSPS) is 12.6. The lowest BCUT2D eigenvalue weighted by molar-refractivity contribution is 0.174. The Labute approximate surface area is 115 Å². The van der Waals surface area contributed by atoms with E-state index in [1.54, 1.807) is 6.33 Å². The van der Waals surface area contributed by atoms with Crippen molar-refractivity contribution in [2.75, 3.05) is 13.1 Å². The zero-order valence-electron chi connectivity index (χ0n) is 11.1. The van der Waals surface area contributed by atoms with Gasteiger partial charge in [0.05, 0.1) is 6.10 Å². The predicted octanol–water partition coefficient (Wildman–Crippen LogP) is 0.959. The first-order valence-corrected chi connectivity index (χ1v) is 6.24. The number of hydrogen-bond donors (Lipinski definition) is 2. The molecule has 0 fully saturated rings. The Bertz CT molecular complexity index is 573. The average Bonchev–Trinajstić information content (AvgIpc) is 2.83. The topological polar surface area (TPSA) is 63.0 Å². The third-order valence-corrected chi connectivity index (χ3v) is 3.00. The Balaban J connectivity index is 1.79. The summed E-state index contributed by atoms with van der Waals surface area (Å²) in [5, 5.41) is 20.6. The van der Waals surface area contributed by atoms with Gasteiger partial charge in [-0.2, -0.15) is 0 Å². The first-order valence-electron chi connectivity index (χ1n) is 6.24. The lowest BCUT2D eigenvalue weighted by atomic mass is 10.1. The summed E-state index contributed by atoms with van der Waals surface area (Å²) < 4.78 is 27.6. The Morgan fingerprint density at radius 3 is 2.80 bits per heavy atom. The molecule has 1 heterocycles. The van der Waals surface area contributed by atoms with Gasteiger partial charge in [0, 0.05) is 26.6 Å². The summed E-state index contributed by atoms with van der Waals surface area (Å²) in [6, 6.07) is 3.38. The third kappa shape index (κ3) is 3.58. The van der Waals surface area contributed by atoms with E-state index >= 15 is 0 Å². The molecule has 0 radical (unpaired) electrons. The van der Waals surface area contributed by atoms with E-state index in [-0.39, 0.29) is 6.54 Å². The van der Waals surface area contributed by atoms with Crippen LogP contribution >= 0.6 is 0 Å². The number of nitrogens with one attached hydrogen (secondary N) is 1. The maximum Gasteiger partial charge on any atom is 0.159 e.